The summed E-state index contributed by atoms with van der Waals surface area (Å²) in [4.78, 5) is 2.46. The summed E-state index contributed by atoms with van der Waals surface area (Å²) in [7, 11) is 2.23. The lowest BCUT2D eigenvalue weighted by atomic mass is 10.00. The Morgan fingerprint density at radius 3 is 2.84 bits per heavy atom. The SMILES string of the molecule is CN(CCCc1cccc(N)c1)CC1CCOCC1. The van der Waals surface area contributed by atoms with Gasteiger partial charge in [0, 0.05) is 25.4 Å². The number of nitrogens with two attached hydrogens (primary N) is 1. The van der Waals surface area contributed by atoms with E-state index in [-0.39, 0.29) is 0 Å². The van der Waals surface area contributed by atoms with E-state index >= 15 is 0 Å². The molecule has 0 spiro atoms. The maximum Gasteiger partial charge on any atom is 0.0469 e. The number of ether oxygens (including phenoxy) is 1. The van der Waals surface area contributed by atoms with E-state index in [9.17, 15) is 0 Å². The highest BCUT2D eigenvalue weighted by Crippen LogP contribution is 2.16. The molecular weight excluding hydrogens is 236 g/mol. The van der Waals surface area contributed by atoms with E-state index < -0.39 is 0 Å². The molecule has 0 atom stereocenters. The van der Waals surface area contributed by atoms with E-state index in [1.165, 1.54) is 31.4 Å². The average Bonchev–Trinajstić information content (AvgIpc) is 2.40. The molecule has 1 aromatic carbocycles. The van der Waals surface area contributed by atoms with Gasteiger partial charge in [0.15, 0.2) is 0 Å². The molecule has 0 radical (unpaired) electrons. The molecule has 1 fully saturated rings. The van der Waals surface area contributed by atoms with Crippen molar-refractivity contribution in [2.75, 3.05) is 39.1 Å². The first-order valence-corrected chi connectivity index (χ1v) is 7.35. The van der Waals surface area contributed by atoms with Crippen LogP contribution in [0.2, 0.25) is 0 Å². The number of hydrogen-bond acceptors (Lipinski definition) is 3. The number of rotatable bonds is 6. The van der Waals surface area contributed by atoms with Gasteiger partial charge in [-0.1, -0.05) is 12.1 Å². The standard InChI is InChI=1S/C16H26N2O/c1-18(13-15-7-10-19-11-8-15)9-3-5-14-4-2-6-16(17)12-14/h2,4,6,12,15H,3,5,7-11,13,17H2,1H3. The van der Waals surface area contributed by atoms with Gasteiger partial charge in [-0.3, -0.25) is 0 Å². The zero-order chi connectivity index (χ0) is 13.5. The Hall–Kier alpha value is -1.06. The van der Waals surface area contributed by atoms with Crippen LogP contribution in [0.4, 0.5) is 5.69 Å². The van der Waals surface area contributed by atoms with Gasteiger partial charge >= 0.3 is 0 Å². The van der Waals surface area contributed by atoms with Gasteiger partial charge in [0.25, 0.3) is 0 Å². The second-order valence-electron chi connectivity index (χ2n) is 5.67. The van der Waals surface area contributed by atoms with E-state index in [1.54, 1.807) is 0 Å². The van der Waals surface area contributed by atoms with Crippen LogP contribution in [0, 0.1) is 5.92 Å². The molecule has 19 heavy (non-hydrogen) atoms. The van der Waals surface area contributed by atoms with Crippen LogP contribution in [0.3, 0.4) is 0 Å². The Bertz CT molecular complexity index is 375. The van der Waals surface area contributed by atoms with Crippen LogP contribution in [-0.4, -0.2) is 38.3 Å². The van der Waals surface area contributed by atoms with Crippen molar-refractivity contribution in [1.82, 2.24) is 4.90 Å². The van der Waals surface area contributed by atoms with Gasteiger partial charge in [-0.15, -0.1) is 0 Å². The minimum Gasteiger partial charge on any atom is -0.399 e. The lowest BCUT2D eigenvalue weighted by Crippen LogP contribution is -2.30. The number of aryl methyl sites for hydroxylation is 1. The number of nitrogens with zero attached hydrogens (tertiary/aromatic N) is 1. The molecule has 3 nitrogen and oxygen atoms in total. The topological polar surface area (TPSA) is 38.5 Å². The predicted molar refractivity (Wildman–Crippen MR) is 80.2 cm³/mol. The third-order valence-electron chi connectivity index (χ3n) is 3.87. The summed E-state index contributed by atoms with van der Waals surface area (Å²) >= 11 is 0. The van der Waals surface area contributed by atoms with E-state index in [2.05, 4.69) is 24.1 Å². The molecule has 0 unspecified atom stereocenters. The van der Waals surface area contributed by atoms with Gasteiger partial charge in [-0.2, -0.15) is 0 Å². The maximum atomic E-state index is 5.79. The molecule has 1 aromatic rings. The van der Waals surface area contributed by atoms with Gasteiger partial charge in [0.2, 0.25) is 0 Å². The normalized spacial score (nSPS) is 16.9. The van der Waals surface area contributed by atoms with Crippen LogP contribution < -0.4 is 5.73 Å². The average molecular weight is 262 g/mol. The van der Waals surface area contributed by atoms with Crippen LogP contribution in [0.25, 0.3) is 0 Å². The predicted octanol–water partition coefficient (Wildman–Crippen LogP) is 2.56. The summed E-state index contributed by atoms with van der Waals surface area (Å²) in [6, 6.07) is 8.23. The summed E-state index contributed by atoms with van der Waals surface area (Å²) in [5.74, 6) is 0.825. The molecule has 0 saturated carbocycles. The molecule has 1 saturated heterocycles. The summed E-state index contributed by atoms with van der Waals surface area (Å²) in [6.07, 6.45) is 4.76. The monoisotopic (exact) mass is 262 g/mol. The van der Waals surface area contributed by atoms with Gasteiger partial charge in [-0.05, 0) is 62.9 Å². The summed E-state index contributed by atoms with van der Waals surface area (Å²) in [5.41, 5.74) is 8.01. The summed E-state index contributed by atoms with van der Waals surface area (Å²) in [6.45, 7) is 4.26. The second kappa shape index (κ2) is 7.51. The Morgan fingerprint density at radius 2 is 2.11 bits per heavy atom. The van der Waals surface area contributed by atoms with Crippen molar-refractivity contribution in [2.24, 2.45) is 5.92 Å². The van der Waals surface area contributed by atoms with E-state index in [0.29, 0.717) is 0 Å². The molecule has 0 amide bonds. The van der Waals surface area contributed by atoms with Gasteiger partial charge in [0.05, 0.1) is 0 Å². The zero-order valence-electron chi connectivity index (χ0n) is 12.0. The lowest BCUT2D eigenvalue weighted by Gasteiger charge is -2.27. The van der Waals surface area contributed by atoms with Crippen LogP contribution in [0.5, 0.6) is 0 Å². The third kappa shape index (κ3) is 5.21. The highest BCUT2D eigenvalue weighted by atomic mass is 16.5. The van der Waals surface area contributed by atoms with Gasteiger partial charge in [-0.25, -0.2) is 0 Å². The molecule has 1 heterocycles. The maximum absolute atomic E-state index is 5.79. The molecule has 0 aliphatic carbocycles. The highest BCUT2D eigenvalue weighted by molar-refractivity contribution is 5.40. The zero-order valence-corrected chi connectivity index (χ0v) is 12.0. The quantitative estimate of drug-likeness (QED) is 0.801. The van der Waals surface area contributed by atoms with Crippen LogP contribution in [0.15, 0.2) is 24.3 Å². The number of anilines is 1. The van der Waals surface area contributed by atoms with Crippen molar-refractivity contribution in [3.05, 3.63) is 29.8 Å². The molecule has 0 aromatic heterocycles. The van der Waals surface area contributed by atoms with E-state index in [1.807, 2.05) is 12.1 Å². The molecule has 1 aliphatic rings. The Morgan fingerprint density at radius 1 is 1.32 bits per heavy atom. The van der Waals surface area contributed by atoms with Crippen molar-refractivity contribution in [1.29, 1.82) is 0 Å². The van der Waals surface area contributed by atoms with E-state index in [0.717, 1.165) is 37.8 Å². The molecule has 2 N–H and O–H groups in total. The molecule has 2 rings (SSSR count). The summed E-state index contributed by atoms with van der Waals surface area (Å²) in [5, 5.41) is 0. The first-order chi connectivity index (χ1) is 9.24. The molecular formula is C16H26N2O. The molecule has 3 heteroatoms. The first kappa shape index (κ1) is 14.4. The number of hydrogen-bond donors (Lipinski definition) is 1. The minimum atomic E-state index is 0.825. The Balaban J connectivity index is 1.64. The van der Waals surface area contributed by atoms with Gasteiger partial charge in [0.1, 0.15) is 0 Å². The summed E-state index contributed by atoms with van der Waals surface area (Å²) < 4.78 is 5.40. The fourth-order valence-corrected chi connectivity index (χ4v) is 2.76. The van der Waals surface area contributed by atoms with E-state index in [4.69, 9.17) is 10.5 Å². The van der Waals surface area contributed by atoms with Crippen molar-refractivity contribution < 1.29 is 4.74 Å². The van der Waals surface area contributed by atoms with Crippen molar-refractivity contribution in [3.63, 3.8) is 0 Å². The smallest absolute Gasteiger partial charge is 0.0469 e. The Kier molecular flexibility index (Phi) is 5.67. The first-order valence-electron chi connectivity index (χ1n) is 7.35. The fourth-order valence-electron chi connectivity index (χ4n) is 2.76. The number of benzene rings is 1. The minimum absolute atomic E-state index is 0.825. The van der Waals surface area contributed by atoms with Crippen LogP contribution in [-0.2, 0) is 11.2 Å². The fraction of sp³-hybridized carbons (Fsp3) is 0.625. The van der Waals surface area contributed by atoms with Crippen molar-refractivity contribution in [3.8, 4) is 0 Å². The van der Waals surface area contributed by atoms with Crippen LogP contribution >= 0.6 is 0 Å². The molecule has 0 bridgehead atoms. The third-order valence-corrected chi connectivity index (χ3v) is 3.87. The second-order valence-corrected chi connectivity index (χ2v) is 5.67. The lowest BCUT2D eigenvalue weighted by molar-refractivity contribution is 0.0556. The number of nitrogen functional groups attached to an aromatic ring is 1. The van der Waals surface area contributed by atoms with Crippen molar-refractivity contribution in [2.45, 2.75) is 25.7 Å². The van der Waals surface area contributed by atoms with Gasteiger partial charge < -0.3 is 15.4 Å². The molecule has 1 aliphatic heterocycles. The molecule has 106 valence electrons. The van der Waals surface area contributed by atoms with Crippen LogP contribution in [0.1, 0.15) is 24.8 Å². The van der Waals surface area contributed by atoms with Crippen molar-refractivity contribution >= 4 is 5.69 Å². The largest absolute Gasteiger partial charge is 0.399 e. The highest BCUT2D eigenvalue weighted by Gasteiger charge is 2.15. The Labute approximate surface area is 116 Å².